The number of hydrogen-bond donors (Lipinski definition) is 0. The van der Waals surface area contributed by atoms with E-state index in [0.717, 1.165) is 5.56 Å². The van der Waals surface area contributed by atoms with Crippen molar-refractivity contribution in [2.45, 2.75) is 24.8 Å². The van der Waals surface area contributed by atoms with Gasteiger partial charge in [0.15, 0.2) is 15.0 Å². The Bertz CT molecular complexity index is 1330. The zero-order valence-electron chi connectivity index (χ0n) is 17.3. The van der Waals surface area contributed by atoms with E-state index in [0.29, 0.717) is 16.4 Å². The zero-order valence-corrected chi connectivity index (χ0v) is 18.9. The van der Waals surface area contributed by atoms with Gasteiger partial charge < -0.3 is 0 Å². The number of amides is 1. The van der Waals surface area contributed by atoms with Gasteiger partial charge in [0.1, 0.15) is 11.3 Å². The number of aromatic nitrogens is 3. The van der Waals surface area contributed by atoms with E-state index in [-0.39, 0.29) is 29.1 Å². The van der Waals surface area contributed by atoms with Gasteiger partial charge in [-0.05, 0) is 37.3 Å². The Kier molecular flexibility index (Phi) is 6.33. The number of nitrogens with zero attached hydrogens (tertiary/aromatic N) is 4. The first kappa shape index (κ1) is 22.1. The van der Waals surface area contributed by atoms with Gasteiger partial charge in [-0.1, -0.05) is 35.1 Å². The summed E-state index contributed by atoms with van der Waals surface area (Å²) in [7, 11) is -3.62. The van der Waals surface area contributed by atoms with E-state index in [1.165, 1.54) is 22.3 Å². The Hall–Kier alpha value is -3.11. The van der Waals surface area contributed by atoms with Crippen molar-refractivity contribution in [3.8, 4) is 0 Å². The molecule has 0 N–H and O–H groups in total. The minimum absolute atomic E-state index is 0.182. The Morgan fingerprint density at radius 2 is 1.94 bits per heavy atom. The summed E-state index contributed by atoms with van der Waals surface area (Å²) in [4.78, 5) is 19.0. The topological polar surface area (TPSA) is 85.2 Å². The van der Waals surface area contributed by atoms with E-state index in [1.807, 2.05) is 6.92 Å². The summed E-state index contributed by atoms with van der Waals surface area (Å²) in [6, 6.07) is 12.9. The Morgan fingerprint density at radius 1 is 1.16 bits per heavy atom. The molecule has 0 spiro atoms. The number of fused-ring (bicyclic) bond motifs is 1. The van der Waals surface area contributed by atoms with Crippen molar-refractivity contribution in [1.82, 2.24) is 14.8 Å². The number of thiazole rings is 1. The standard InChI is InChI=1S/C22H21FN4O3S2/c1-16-6-8-17(9-7-16)32(29,30)15-10-20(28)27(14-13-26-12-3-11-24-26)22-25-21-18(23)4-2-5-19(21)31-22/h2-9,11-12H,10,13-15H2,1H3. The molecule has 1 amide bonds. The van der Waals surface area contributed by atoms with Gasteiger partial charge in [0, 0.05) is 25.4 Å². The molecule has 2 aromatic heterocycles. The molecule has 0 aliphatic heterocycles. The number of para-hydroxylation sites is 1. The first-order valence-corrected chi connectivity index (χ1v) is 12.4. The second-order valence-electron chi connectivity index (χ2n) is 7.28. The predicted molar refractivity (Wildman–Crippen MR) is 122 cm³/mol. The van der Waals surface area contributed by atoms with Crippen LogP contribution >= 0.6 is 11.3 Å². The molecule has 10 heteroatoms. The Balaban J connectivity index is 1.56. The van der Waals surface area contributed by atoms with E-state index in [4.69, 9.17) is 0 Å². The molecule has 0 saturated heterocycles. The van der Waals surface area contributed by atoms with Crippen LogP contribution in [0.4, 0.5) is 9.52 Å². The maximum atomic E-state index is 14.1. The molecule has 0 atom stereocenters. The van der Waals surface area contributed by atoms with Crippen LogP contribution in [0.2, 0.25) is 0 Å². The summed E-state index contributed by atoms with van der Waals surface area (Å²) < 4.78 is 41.8. The Labute approximate surface area is 189 Å². The molecular formula is C22H21FN4O3S2. The second-order valence-corrected chi connectivity index (χ2v) is 10.4. The maximum Gasteiger partial charge on any atom is 0.229 e. The first-order valence-electron chi connectivity index (χ1n) is 9.96. The lowest BCUT2D eigenvalue weighted by Crippen LogP contribution is -2.35. The van der Waals surface area contributed by atoms with Gasteiger partial charge in [0.2, 0.25) is 5.91 Å². The van der Waals surface area contributed by atoms with Gasteiger partial charge in [-0.15, -0.1) is 0 Å². The number of carbonyl (C=O) groups excluding carboxylic acids is 1. The van der Waals surface area contributed by atoms with E-state index < -0.39 is 21.6 Å². The number of hydrogen-bond acceptors (Lipinski definition) is 6. The highest BCUT2D eigenvalue weighted by molar-refractivity contribution is 7.91. The highest BCUT2D eigenvalue weighted by atomic mass is 32.2. The van der Waals surface area contributed by atoms with Gasteiger partial charge in [0.25, 0.3) is 0 Å². The number of sulfone groups is 1. The minimum atomic E-state index is -3.62. The average molecular weight is 473 g/mol. The summed E-state index contributed by atoms with van der Waals surface area (Å²) in [5.41, 5.74) is 1.14. The number of aryl methyl sites for hydroxylation is 1. The maximum absolute atomic E-state index is 14.1. The predicted octanol–water partition coefficient (Wildman–Crippen LogP) is 3.84. The molecule has 32 heavy (non-hydrogen) atoms. The monoisotopic (exact) mass is 472 g/mol. The van der Waals surface area contributed by atoms with Crippen molar-refractivity contribution in [1.29, 1.82) is 0 Å². The lowest BCUT2D eigenvalue weighted by molar-refractivity contribution is -0.118. The lowest BCUT2D eigenvalue weighted by atomic mass is 10.2. The highest BCUT2D eigenvalue weighted by Gasteiger charge is 2.24. The lowest BCUT2D eigenvalue weighted by Gasteiger charge is -2.20. The van der Waals surface area contributed by atoms with Crippen LogP contribution in [0.25, 0.3) is 10.2 Å². The quantitative estimate of drug-likeness (QED) is 0.389. The van der Waals surface area contributed by atoms with Crippen LogP contribution in [0.5, 0.6) is 0 Å². The normalized spacial score (nSPS) is 11.7. The minimum Gasteiger partial charge on any atom is -0.286 e. The first-order chi connectivity index (χ1) is 15.3. The van der Waals surface area contributed by atoms with Gasteiger partial charge in [-0.3, -0.25) is 14.4 Å². The smallest absolute Gasteiger partial charge is 0.229 e. The van der Waals surface area contributed by atoms with Gasteiger partial charge >= 0.3 is 0 Å². The van der Waals surface area contributed by atoms with E-state index in [9.17, 15) is 17.6 Å². The van der Waals surface area contributed by atoms with Crippen LogP contribution in [-0.2, 0) is 21.2 Å². The summed E-state index contributed by atoms with van der Waals surface area (Å²) in [5.74, 6) is -1.19. The van der Waals surface area contributed by atoms with Gasteiger partial charge in [0.05, 0.1) is 21.9 Å². The number of rotatable bonds is 8. The van der Waals surface area contributed by atoms with Crippen LogP contribution in [0.15, 0.2) is 65.8 Å². The molecule has 0 saturated carbocycles. The fourth-order valence-electron chi connectivity index (χ4n) is 3.20. The molecule has 0 fully saturated rings. The molecule has 4 aromatic rings. The third-order valence-electron chi connectivity index (χ3n) is 4.97. The molecule has 2 aromatic carbocycles. The van der Waals surface area contributed by atoms with Crippen molar-refractivity contribution in [3.63, 3.8) is 0 Å². The van der Waals surface area contributed by atoms with Gasteiger partial charge in [-0.25, -0.2) is 17.8 Å². The molecule has 0 aliphatic carbocycles. The Morgan fingerprint density at radius 3 is 2.62 bits per heavy atom. The second kappa shape index (κ2) is 9.17. The SMILES string of the molecule is Cc1ccc(S(=O)(=O)CCC(=O)N(CCn2cccn2)c2nc3c(F)cccc3s2)cc1. The number of benzene rings is 2. The summed E-state index contributed by atoms with van der Waals surface area (Å²) in [5, 5.41) is 4.46. The molecule has 2 heterocycles. The molecule has 0 bridgehead atoms. The van der Waals surface area contributed by atoms with Crippen molar-refractivity contribution in [2.24, 2.45) is 0 Å². The van der Waals surface area contributed by atoms with Crippen molar-refractivity contribution < 1.29 is 17.6 Å². The van der Waals surface area contributed by atoms with Crippen LogP contribution in [0.1, 0.15) is 12.0 Å². The molecule has 0 aliphatic rings. The van der Waals surface area contributed by atoms with Crippen molar-refractivity contribution in [3.05, 3.63) is 72.3 Å². The van der Waals surface area contributed by atoms with E-state index in [2.05, 4.69) is 10.1 Å². The van der Waals surface area contributed by atoms with Crippen LogP contribution in [-0.4, -0.2) is 41.4 Å². The average Bonchev–Trinajstić information content (AvgIpc) is 3.43. The van der Waals surface area contributed by atoms with Crippen molar-refractivity contribution in [2.75, 3.05) is 17.2 Å². The molecule has 166 valence electrons. The van der Waals surface area contributed by atoms with E-state index >= 15 is 0 Å². The fraction of sp³-hybridized carbons (Fsp3) is 0.227. The molecule has 4 rings (SSSR count). The van der Waals surface area contributed by atoms with Gasteiger partial charge in [-0.2, -0.15) is 5.10 Å². The zero-order chi connectivity index (χ0) is 22.7. The number of halogens is 1. The molecule has 0 radical (unpaired) electrons. The van der Waals surface area contributed by atoms with Crippen molar-refractivity contribution >= 4 is 42.4 Å². The van der Waals surface area contributed by atoms with Crippen LogP contribution in [0, 0.1) is 12.7 Å². The van der Waals surface area contributed by atoms with Crippen LogP contribution < -0.4 is 4.90 Å². The molecule has 0 unspecified atom stereocenters. The molecule has 7 nitrogen and oxygen atoms in total. The van der Waals surface area contributed by atoms with Crippen LogP contribution in [0.3, 0.4) is 0 Å². The largest absolute Gasteiger partial charge is 0.286 e. The highest BCUT2D eigenvalue weighted by Crippen LogP contribution is 2.30. The third-order valence-corrected chi connectivity index (χ3v) is 7.74. The molecular weight excluding hydrogens is 451 g/mol. The summed E-state index contributed by atoms with van der Waals surface area (Å²) in [6.45, 7) is 2.49. The summed E-state index contributed by atoms with van der Waals surface area (Å²) in [6.07, 6.45) is 3.18. The third kappa shape index (κ3) is 4.86. The fourth-order valence-corrected chi connectivity index (χ4v) is 5.45. The number of anilines is 1. The summed E-state index contributed by atoms with van der Waals surface area (Å²) >= 11 is 1.19. The van der Waals surface area contributed by atoms with E-state index in [1.54, 1.807) is 59.5 Å². The number of carbonyl (C=O) groups is 1.